The molecule has 2 aliphatic rings. The van der Waals surface area contributed by atoms with Gasteiger partial charge in [0.05, 0.1) is 5.69 Å². The van der Waals surface area contributed by atoms with Crippen LogP contribution in [0.5, 0.6) is 0 Å². The average molecular weight is 188 g/mol. The highest BCUT2D eigenvalue weighted by atomic mass is 14.8. The summed E-state index contributed by atoms with van der Waals surface area (Å²) in [6.45, 7) is 0. The van der Waals surface area contributed by atoms with Crippen molar-refractivity contribution in [3.63, 3.8) is 0 Å². The molecule has 1 atom stereocenters. The molecule has 1 aromatic heterocycles. The van der Waals surface area contributed by atoms with Crippen molar-refractivity contribution in [1.82, 2.24) is 4.98 Å². The van der Waals surface area contributed by atoms with Crippen LogP contribution in [0.4, 0.5) is 0 Å². The van der Waals surface area contributed by atoms with Gasteiger partial charge < -0.3 is 5.73 Å². The molecule has 2 heteroatoms. The lowest BCUT2D eigenvalue weighted by atomic mass is 9.92. The van der Waals surface area contributed by atoms with E-state index in [1.54, 1.807) is 0 Å². The standard InChI is InChI=1S/C12H16N2/c13-10-3-1-2-9-6-7-11(8-4-5-8)14-12(9)10/h6-8,10H,1-5,13H2. The van der Waals surface area contributed by atoms with Crippen molar-refractivity contribution in [2.45, 2.75) is 44.1 Å². The molecule has 1 unspecified atom stereocenters. The zero-order valence-corrected chi connectivity index (χ0v) is 8.37. The minimum absolute atomic E-state index is 0.192. The van der Waals surface area contributed by atoms with E-state index in [9.17, 15) is 0 Å². The summed E-state index contributed by atoms with van der Waals surface area (Å²) in [4.78, 5) is 4.73. The summed E-state index contributed by atoms with van der Waals surface area (Å²) >= 11 is 0. The van der Waals surface area contributed by atoms with Gasteiger partial charge in [-0.15, -0.1) is 0 Å². The normalized spacial score (nSPS) is 25.9. The molecule has 14 heavy (non-hydrogen) atoms. The first-order valence-electron chi connectivity index (χ1n) is 5.60. The Balaban J connectivity index is 2.01. The quantitative estimate of drug-likeness (QED) is 0.734. The zero-order chi connectivity index (χ0) is 9.54. The van der Waals surface area contributed by atoms with Gasteiger partial charge in [-0.2, -0.15) is 0 Å². The fraction of sp³-hybridized carbons (Fsp3) is 0.583. The van der Waals surface area contributed by atoms with Gasteiger partial charge >= 0.3 is 0 Å². The van der Waals surface area contributed by atoms with Crippen molar-refractivity contribution in [3.8, 4) is 0 Å². The molecule has 0 saturated heterocycles. The van der Waals surface area contributed by atoms with Crippen LogP contribution in [0.1, 0.15) is 54.6 Å². The fourth-order valence-electron chi connectivity index (χ4n) is 2.31. The number of aromatic nitrogens is 1. The van der Waals surface area contributed by atoms with E-state index in [1.807, 2.05) is 0 Å². The van der Waals surface area contributed by atoms with Crippen molar-refractivity contribution >= 4 is 0 Å². The Morgan fingerprint density at radius 1 is 1.21 bits per heavy atom. The van der Waals surface area contributed by atoms with Crippen molar-refractivity contribution < 1.29 is 0 Å². The Kier molecular flexibility index (Phi) is 1.84. The Labute approximate surface area is 84.5 Å². The van der Waals surface area contributed by atoms with Crippen LogP contribution in [0.25, 0.3) is 0 Å². The molecule has 0 spiro atoms. The van der Waals surface area contributed by atoms with E-state index in [1.165, 1.54) is 42.6 Å². The summed E-state index contributed by atoms with van der Waals surface area (Å²) in [5, 5.41) is 0. The maximum Gasteiger partial charge on any atom is 0.0606 e. The molecule has 74 valence electrons. The molecule has 0 amide bonds. The summed E-state index contributed by atoms with van der Waals surface area (Å²) in [7, 11) is 0. The average Bonchev–Trinajstić information content (AvgIpc) is 3.01. The first kappa shape index (κ1) is 8.42. The van der Waals surface area contributed by atoms with Crippen LogP contribution in [0.2, 0.25) is 0 Å². The molecule has 2 N–H and O–H groups in total. The molecule has 1 fully saturated rings. The molecular formula is C12H16N2. The van der Waals surface area contributed by atoms with Gasteiger partial charge in [0.2, 0.25) is 0 Å². The number of nitrogens with zero attached hydrogens (tertiary/aromatic N) is 1. The van der Waals surface area contributed by atoms with Crippen molar-refractivity contribution in [3.05, 3.63) is 29.1 Å². The lowest BCUT2D eigenvalue weighted by Gasteiger charge is -2.21. The minimum Gasteiger partial charge on any atom is -0.323 e. The second kappa shape index (κ2) is 3.06. The second-order valence-electron chi connectivity index (χ2n) is 4.55. The second-order valence-corrected chi connectivity index (χ2v) is 4.55. The molecule has 3 rings (SSSR count). The van der Waals surface area contributed by atoms with Gasteiger partial charge in [-0.3, -0.25) is 4.98 Å². The number of pyridine rings is 1. The predicted octanol–water partition coefficient (Wildman–Crippen LogP) is 2.30. The number of hydrogen-bond donors (Lipinski definition) is 1. The molecule has 0 aromatic carbocycles. The van der Waals surface area contributed by atoms with Crippen LogP contribution in [0.15, 0.2) is 12.1 Å². The van der Waals surface area contributed by atoms with E-state index in [2.05, 4.69) is 12.1 Å². The third-order valence-corrected chi connectivity index (χ3v) is 3.34. The Bertz CT molecular complexity index is 355. The molecule has 1 heterocycles. The van der Waals surface area contributed by atoms with Crippen LogP contribution in [-0.2, 0) is 6.42 Å². The van der Waals surface area contributed by atoms with Crippen molar-refractivity contribution in [2.24, 2.45) is 5.73 Å². The topological polar surface area (TPSA) is 38.9 Å². The van der Waals surface area contributed by atoms with Gasteiger partial charge in [0, 0.05) is 17.7 Å². The zero-order valence-electron chi connectivity index (χ0n) is 8.37. The molecule has 0 aliphatic heterocycles. The molecule has 1 aromatic rings. The van der Waals surface area contributed by atoms with Crippen molar-refractivity contribution in [2.75, 3.05) is 0 Å². The predicted molar refractivity (Wildman–Crippen MR) is 56.1 cm³/mol. The van der Waals surface area contributed by atoms with E-state index < -0.39 is 0 Å². The number of fused-ring (bicyclic) bond motifs is 1. The maximum atomic E-state index is 6.07. The molecule has 0 radical (unpaired) electrons. The van der Waals surface area contributed by atoms with Crippen LogP contribution < -0.4 is 5.73 Å². The maximum absolute atomic E-state index is 6.07. The largest absolute Gasteiger partial charge is 0.323 e. The Morgan fingerprint density at radius 2 is 2.07 bits per heavy atom. The summed E-state index contributed by atoms with van der Waals surface area (Å²) in [5.74, 6) is 0.745. The number of nitrogens with two attached hydrogens (primary N) is 1. The third kappa shape index (κ3) is 1.34. The number of rotatable bonds is 1. The van der Waals surface area contributed by atoms with Crippen molar-refractivity contribution in [1.29, 1.82) is 0 Å². The van der Waals surface area contributed by atoms with E-state index in [-0.39, 0.29) is 6.04 Å². The Morgan fingerprint density at radius 3 is 2.86 bits per heavy atom. The Hall–Kier alpha value is -0.890. The third-order valence-electron chi connectivity index (χ3n) is 3.34. The lowest BCUT2D eigenvalue weighted by molar-refractivity contribution is 0.551. The van der Waals surface area contributed by atoms with E-state index in [4.69, 9.17) is 10.7 Å². The highest BCUT2D eigenvalue weighted by molar-refractivity contribution is 5.30. The molecule has 2 aliphatic carbocycles. The van der Waals surface area contributed by atoms with Crippen LogP contribution >= 0.6 is 0 Å². The molecule has 0 bridgehead atoms. The van der Waals surface area contributed by atoms with Gasteiger partial charge in [-0.25, -0.2) is 0 Å². The highest BCUT2D eigenvalue weighted by Crippen LogP contribution is 2.40. The molecular weight excluding hydrogens is 172 g/mol. The first-order chi connectivity index (χ1) is 6.84. The summed E-state index contributed by atoms with van der Waals surface area (Å²) < 4.78 is 0. The van der Waals surface area contributed by atoms with Crippen LogP contribution in [0.3, 0.4) is 0 Å². The number of aryl methyl sites for hydroxylation is 1. The summed E-state index contributed by atoms with van der Waals surface area (Å²) in [6, 6.07) is 4.64. The van der Waals surface area contributed by atoms with Gasteiger partial charge in [0.15, 0.2) is 0 Å². The molecule has 2 nitrogen and oxygen atoms in total. The SMILES string of the molecule is NC1CCCc2ccc(C3CC3)nc21. The van der Waals surface area contributed by atoms with Gasteiger partial charge in [0.1, 0.15) is 0 Å². The highest BCUT2D eigenvalue weighted by Gasteiger charge is 2.27. The van der Waals surface area contributed by atoms with Gasteiger partial charge in [-0.05, 0) is 43.7 Å². The lowest BCUT2D eigenvalue weighted by Crippen LogP contribution is -2.19. The summed E-state index contributed by atoms with van der Waals surface area (Å²) in [5.41, 5.74) is 9.92. The van der Waals surface area contributed by atoms with Gasteiger partial charge in [0.25, 0.3) is 0 Å². The monoisotopic (exact) mass is 188 g/mol. The number of hydrogen-bond acceptors (Lipinski definition) is 2. The van der Waals surface area contributed by atoms with E-state index in [0.717, 1.165) is 12.3 Å². The minimum atomic E-state index is 0.192. The van der Waals surface area contributed by atoms with E-state index in [0.29, 0.717) is 0 Å². The van der Waals surface area contributed by atoms with Gasteiger partial charge in [-0.1, -0.05) is 6.07 Å². The first-order valence-corrected chi connectivity index (χ1v) is 5.60. The van der Waals surface area contributed by atoms with Crippen LogP contribution in [0, 0.1) is 0 Å². The summed E-state index contributed by atoms with van der Waals surface area (Å²) in [6.07, 6.45) is 6.13. The smallest absolute Gasteiger partial charge is 0.0606 e. The molecule has 1 saturated carbocycles. The fourth-order valence-corrected chi connectivity index (χ4v) is 2.31. The van der Waals surface area contributed by atoms with Crippen LogP contribution in [-0.4, -0.2) is 4.98 Å². The van der Waals surface area contributed by atoms with E-state index >= 15 is 0 Å².